The Morgan fingerprint density at radius 2 is 2.50 bits per heavy atom. The van der Waals surface area contributed by atoms with Crippen molar-refractivity contribution in [3.8, 4) is 12.3 Å². The molecule has 0 bridgehead atoms. The molecule has 0 rings (SSSR count). The van der Waals surface area contributed by atoms with E-state index in [1.165, 1.54) is 0 Å². The minimum atomic E-state index is 0.597. The predicted octanol–water partition coefficient (Wildman–Crippen LogP) is 0.520. The van der Waals surface area contributed by atoms with Gasteiger partial charge in [0.15, 0.2) is 0 Å². The van der Waals surface area contributed by atoms with Crippen LogP contribution in [-0.2, 0) is 0 Å². The zero-order valence-electron chi connectivity index (χ0n) is 3.86. The molecule has 0 aromatic rings. The van der Waals surface area contributed by atoms with Gasteiger partial charge in [0.1, 0.15) is 0 Å². The zero-order valence-corrected chi connectivity index (χ0v) is 3.86. The molecule has 0 aromatic heterocycles. The Hall–Kier alpha value is -0.480. The number of rotatable bonds is 1. The van der Waals surface area contributed by atoms with Crippen LogP contribution >= 0.6 is 0 Å². The molecule has 0 heterocycles. The smallest absolute Gasteiger partial charge is 0.0425 e. The largest absolute Gasteiger partial charge is 0.323 e. The molecule has 1 nitrogen and oxygen atoms in total. The van der Waals surface area contributed by atoms with Gasteiger partial charge in [-0.1, -0.05) is 0 Å². The summed E-state index contributed by atoms with van der Waals surface area (Å²) in [7, 11) is 0. The van der Waals surface area contributed by atoms with Crippen LogP contribution in [0.2, 0.25) is 0 Å². The molecule has 6 heavy (non-hydrogen) atoms. The second-order valence-corrected chi connectivity index (χ2v) is 1.23. The molecule has 1 radical (unpaired) electrons. The van der Waals surface area contributed by atoms with E-state index in [9.17, 15) is 0 Å². The molecule has 0 spiro atoms. The van der Waals surface area contributed by atoms with E-state index < -0.39 is 0 Å². The highest BCUT2D eigenvalue weighted by Crippen LogP contribution is 1.88. The standard InChI is InChI=1S/C5H8N/c1-3-4-5(2)6/h1H,4,6H2,2H3. The van der Waals surface area contributed by atoms with Crippen LogP contribution in [-0.4, -0.2) is 0 Å². The topological polar surface area (TPSA) is 26.0 Å². The Morgan fingerprint density at radius 3 is 2.50 bits per heavy atom. The van der Waals surface area contributed by atoms with Gasteiger partial charge in [0, 0.05) is 12.5 Å². The number of hydrogen-bond donors (Lipinski definition) is 1. The van der Waals surface area contributed by atoms with E-state index >= 15 is 0 Å². The van der Waals surface area contributed by atoms with Crippen LogP contribution in [0.3, 0.4) is 0 Å². The molecule has 0 atom stereocenters. The Morgan fingerprint density at radius 1 is 2.00 bits per heavy atom. The Bertz CT molecular complexity index is 58.8. The van der Waals surface area contributed by atoms with Crippen LogP contribution in [0.15, 0.2) is 0 Å². The first kappa shape index (κ1) is 5.52. The quantitative estimate of drug-likeness (QED) is 0.458. The molecule has 0 saturated carbocycles. The van der Waals surface area contributed by atoms with Crippen molar-refractivity contribution in [1.29, 1.82) is 0 Å². The van der Waals surface area contributed by atoms with Crippen molar-refractivity contribution in [2.75, 3.05) is 0 Å². The maximum absolute atomic E-state index is 5.18. The summed E-state index contributed by atoms with van der Waals surface area (Å²) in [5.41, 5.74) is 5.18. The summed E-state index contributed by atoms with van der Waals surface area (Å²) < 4.78 is 0. The average Bonchev–Trinajstić information content (AvgIpc) is 1.35. The second kappa shape index (κ2) is 2.74. The molecule has 1 heteroatoms. The van der Waals surface area contributed by atoms with E-state index in [-0.39, 0.29) is 0 Å². The highest BCUT2D eigenvalue weighted by Gasteiger charge is 1.84. The molecule has 2 N–H and O–H groups in total. The van der Waals surface area contributed by atoms with E-state index in [1.54, 1.807) is 6.92 Å². The first-order chi connectivity index (χ1) is 2.77. The number of terminal acetylenes is 1. The predicted molar refractivity (Wildman–Crippen MR) is 26.6 cm³/mol. The van der Waals surface area contributed by atoms with Gasteiger partial charge in [0.25, 0.3) is 0 Å². The minimum absolute atomic E-state index is 0.597. The van der Waals surface area contributed by atoms with E-state index in [0.717, 1.165) is 6.04 Å². The summed E-state index contributed by atoms with van der Waals surface area (Å²) >= 11 is 0. The molecule has 0 aromatic carbocycles. The molecule has 0 amide bonds. The number of hydrogen-bond acceptors (Lipinski definition) is 1. The molecule has 0 fully saturated rings. The van der Waals surface area contributed by atoms with E-state index in [4.69, 9.17) is 12.2 Å². The Kier molecular flexibility index (Phi) is 2.52. The highest BCUT2D eigenvalue weighted by atomic mass is 14.6. The fraction of sp³-hybridized carbons (Fsp3) is 0.400. The van der Waals surface area contributed by atoms with E-state index in [0.29, 0.717) is 6.42 Å². The van der Waals surface area contributed by atoms with Gasteiger partial charge in [-0.2, -0.15) is 0 Å². The summed E-state index contributed by atoms with van der Waals surface area (Å²) in [5, 5.41) is 0. The van der Waals surface area contributed by atoms with Crippen LogP contribution in [0, 0.1) is 18.4 Å². The molecule has 0 aliphatic heterocycles. The van der Waals surface area contributed by atoms with Gasteiger partial charge in [0.05, 0.1) is 0 Å². The van der Waals surface area contributed by atoms with Gasteiger partial charge >= 0.3 is 0 Å². The molecule has 0 aliphatic carbocycles. The summed E-state index contributed by atoms with van der Waals surface area (Å²) in [4.78, 5) is 0. The molecule has 0 unspecified atom stereocenters. The molecule has 0 saturated heterocycles. The Labute approximate surface area is 38.5 Å². The van der Waals surface area contributed by atoms with Gasteiger partial charge in [-0.3, -0.25) is 0 Å². The van der Waals surface area contributed by atoms with Crippen molar-refractivity contribution in [1.82, 2.24) is 0 Å². The number of nitrogens with two attached hydrogens (primary N) is 1. The summed E-state index contributed by atoms with van der Waals surface area (Å²) in [6.07, 6.45) is 5.48. The van der Waals surface area contributed by atoms with Crippen LogP contribution < -0.4 is 5.73 Å². The third kappa shape index (κ3) is 3.52. The van der Waals surface area contributed by atoms with Crippen LogP contribution in [0.4, 0.5) is 0 Å². The van der Waals surface area contributed by atoms with Gasteiger partial charge in [-0.05, 0) is 6.92 Å². The van der Waals surface area contributed by atoms with Gasteiger partial charge in [-0.15, -0.1) is 12.3 Å². The summed E-state index contributed by atoms with van der Waals surface area (Å²) in [6.45, 7) is 1.81. The molecular weight excluding hydrogens is 74.1 g/mol. The molecule has 0 aliphatic rings. The third-order valence-corrected chi connectivity index (χ3v) is 0.381. The van der Waals surface area contributed by atoms with Crippen molar-refractivity contribution >= 4 is 0 Å². The fourth-order valence-electron chi connectivity index (χ4n) is 0.161. The lowest BCUT2D eigenvalue weighted by Gasteiger charge is -1.90. The van der Waals surface area contributed by atoms with Gasteiger partial charge < -0.3 is 5.73 Å². The summed E-state index contributed by atoms with van der Waals surface area (Å²) in [5.74, 6) is 2.41. The third-order valence-electron chi connectivity index (χ3n) is 0.381. The van der Waals surface area contributed by atoms with Crippen molar-refractivity contribution in [2.45, 2.75) is 13.3 Å². The fourth-order valence-corrected chi connectivity index (χ4v) is 0.161. The van der Waals surface area contributed by atoms with Crippen LogP contribution in [0.25, 0.3) is 0 Å². The minimum Gasteiger partial charge on any atom is -0.323 e. The van der Waals surface area contributed by atoms with E-state index in [2.05, 4.69) is 5.92 Å². The maximum atomic E-state index is 5.18. The van der Waals surface area contributed by atoms with Crippen molar-refractivity contribution in [3.05, 3.63) is 6.04 Å². The molecular formula is C5H8N. The maximum Gasteiger partial charge on any atom is 0.0425 e. The second-order valence-electron chi connectivity index (χ2n) is 1.23. The lowest BCUT2D eigenvalue weighted by molar-refractivity contribution is 0.970. The summed E-state index contributed by atoms with van der Waals surface area (Å²) in [6, 6.07) is 0.803. The SMILES string of the molecule is C#CC[C](C)N. The van der Waals surface area contributed by atoms with Gasteiger partial charge in [-0.25, -0.2) is 0 Å². The lowest BCUT2D eigenvalue weighted by atomic mass is 10.3. The Balaban J connectivity index is 2.88. The lowest BCUT2D eigenvalue weighted by Crippen LogP contribution is -2.01. The first-order valence-corrected chi connectivity index (χ1v) is 1.78. The van der Waals surface area contributed by atoms with E-state index in [1.807, 2.05) is 0 Å². The average molecular weight is 82.1 g/mol. The highest BCUT2D eigenvalue weighted by molar-refractivity contribution is 4.95. The normalized spacial score (nSPS) is 8.33. The monoisotopic (exact) mass is 82.1 g/mol. The zero-order chi connectivity index (χ0) is 4.99. The van der Waals surface area contributed by atoms with Crippen molar-refractivity contribution in [3.63, 3.8) is 0 Å². The van der Waals surface area contributed by atoms with Crippen LogP contribution in [0.1, 0.15) is 13.3 Å². The molecule has 33 valence electrons. The van der Waals surface area contributed by atoms with Crippen LogP contribution in [0.5, 0.6) is 0 Å². The van der Waals surface area contributed by atoms with Crippen molar-refractivity contribution < 1.29 is 0 Å². The van der Waals surface area contributed by atoms with Crippen molar-refractivity contribution in [2.24, 2.45) is 5.73 Å². The van der Waals surface area contributed by atoms with Gasteiger partial charge in [0.2, 0.25) is 0 Å². The first-order valence-electron chi connectivity index (χ1n) is 1.78.